The number of amides is 2. The fourth-order valence-electron chi connectivity index (χ4n) is 3.70. The number of urea groups is 1. The second kappa shape index (κ2) is 6.60. The third-order valence-corrected chi connectivity index (χ3v) is 4.86. The number of nitrogens with one attached hydrogen (secondary N) is 1. The summed E-state index contributed by atoms with van der Waals surface area (Å²) in [5.41, 5.74) is 0. The van der Waals surface area contributed by atoms with E-state index in [1.807, 2.05) is 0 Å². The van der Waals surface area contributed by atoms with Gasteiger partial charge in [0, 0.05) is 13.5 Å². The summed E-state index contributed by atoms with van der Waals surface area (Å²) in [5, 5.41) is 6.03. The predicted molar refractivity (Wildman–Crippen MR) is 78.0 cm³/mol. The molecule has 0 aromatic carbocycles. The summed E-state index contributed by atoms with van der Waals surface area (Å²) in [7, 11) is 0. The van der Waals surface area contributed by atoms with E-state index in [9.17, 15) is 18.0 Å². The van der Waals surface area contributed by atoms with Crippen LogP contribution in [0.4, 0.5) is 18.0 Å². The van der Waals surface area contributed by atoms with Crippen LogP contribution < -0.4 is 5.32 Å². The number of nitrogens with zero attached hydrogens (tertiary/aromatic N) is 3. The number of hydrogen-bond donors (Lipinski definition) is 1. The summed E-state index contributed by atoms with van der Waals surface area (Å²) in [6.07, 6.45) is -0.570. The molecule has 0 radical (unpaired) electrons. The molecule has 2 unspecified atom stereocenters. The minimum Gasteiger partial charge on any atom is -0.340 e. The minimum atomic E-state index is -4.44. The summed E-state index contributed by atoms with van der Waals surface area (Å²) < 4.78 is 45.0. The van der Waals surface area contributed by atoms with Crippen molar-refractivity contribution in [1.29, 1.82) is 0 Å². The van der Waals surface area contributed by atoms with Gasteiger partial charge in [-0.25, -0.2) is 4.79 Å². The molecule has 2 heterocycles. The Morgan fingerprint density at radius 1 is 1.29 bits per heavy atom. The van der Waals surface area contributed by atoms with Crippen LogP contribution in [0.25, 0.3) is 0 Å². The molecule has 2 amide bonds. The van der Waals surface area contributed by atoms with E-state index in [0.29, 0.717) is 43.9 Å². The zero-order chi connectivity index (χ0) is 17.3. The van der Waals surface area contributed by atoms with E-state index in [2.05, 4.69) is 15.5 Å². The lowest BCUT2D eigenvalue weighted by atomic mass is 9.98. The van der Waals surface area contributed by atoms with Crippen molar-refractivity contribution in [3.8, 4) is 0 Å². The molecule has 0 spiro atoms. The lowest BCUT2D eigenvalue weighted by Crippen LogP contribution is -2.53. The molecule has 1 aromatic rings. The van der Waals surface area contributed by atoms with Crippen molar-refractivity contribution in [2.75, 3.05) is 6.54 Å². The Morgan fingerprint density at radius 3 is 2.58 bits per heavy atom. The van der Waals surface area contributed by atoms with Crippen molar-refractivity contribution < 1.29 is 22.5 Å². The van der Waals surface area contributed by atoms with Gasteiger partial charge in [-0.3, -0.25) is 0 Å². The smallest absolute Gasteiger partial charge is 0.340 e. The summed E-state index contributed by atoms with van der Waals surface area (Å²) in [4.78, 5) is 18.0. The monoisotopic (exact) mass is 346 g/mol. The quantitative estimate of drug-likeness (QED) is 0.911. The van der Waals surface area contributed by atoms with E-state index in [1.165, 1.54) is 4.90 Å². The molecule has 0 bridgehead atoms. The molecule has 3 rings (SSSR count). The van der Waals surface area contributed by atoms with Crippen molar-refractivity contribution in [3.05, 3.63) is 11.7 Å². The topological polar surface area (TPSA) is 71.3 Å². The minimum absolute atomic E-state index is 0.351. The van der Waals surface area contributed by atoms with Crippen LogP contribution in [0.3, 0.4) is 0 Å². The number of alkyl halides is 3. The van der Waals surface area contributed by atoms with Gasteiger partial charge < -0.3 is 14.7 Å². The molecule has 1 aliphatic heterocycles. The zero-order valence-corrected chi connectivity index (χ0v) is 13.5. The Morgan fingerprint density at radius 2 is 2.00 bits per heavy atom. The SMILES string of the molecule is Cc1nc(C2CCCN2C(=O)NC(C2CCCC2)C(F)(F)F)no1. The standard InChI is InChI=1S/C15H21F3N4O2/c1-9-19-13(21-24-9)11-7-4-8-22(11)14(23)20-12(15(16,17)18)10-5-2-3-6-10/h10-12H,2-8H2,1H3,(H,20,23). The van der Waals surface area contributed by atoms with Crippen LogP contribution in [0.1, 0.15) is 56.3 Å². The highest BCUT2D eigenvalue weighted by atomic mass is 19.4. The van der Waals surface area contributed by atoms with E-state index in [1.54, 1.807) is 6.92 Å². The highest BCUT2D eigenvalue weighted by molar-refractivity contribution is 5.75. The number of hydrogen-bond acceptors (Lipinski definition) is 4. The Hall–Kier alpha value is -1.80. The summed E-state index contributed by atoms with van der Waals surface area (Å²) in [5.74, 6) is 0.184. The first kappa shape index (κ1) is 17.0. The van der Waals surface area contributed by atoms with E-state index in [0.717, 1.165) is 12.8 Å². The van der Waals surface area contributed by atoms with E-state index >= 15 is 0 Å². The van der Waals surface area contributed by atoms with Crippen LogP contribution in [-0.4, -0.2) is 39.8 Å². The Bertz CT molecular complexity index is 584. The maximum absolute atomic E-state index is 13.4. The Balaban J connectivity index is 1.72. The molecular weight excluding hydrogens is 325 g/mol. The van der Waals surface area contributed by atoms with Gasteiger partial charge in [-0.05, 0) is 31.6 Å². The van der Waals surface area contributed by atoms with Gasteiger partial charge in [0.1, 0.15) is 6.04 Å². The van der Waals surface area contributed by atoms with Gasteiger partial charge in [-0.2, -0.15) is 18.2 Å². The summed E-state index contributed by atoms with van der Waals surface area (Å²) >= 11 is 0. The average molecular weight is 346 g/mol. The number of likely N-dealkylation sites (tertiary alicyclic amines) is 1. The molecule has 134 valence electrons. The molecule has 1 N–H and O–H groups in total. The molecule has 1 saturated heterocycles. The molecule has 9 heteroatoms. The maximum atomic E-state index is 13.4. The number of halogens is 3. The third kappa shape index (κ3) is 3.49. The Labute approximate surface area is 137 Å². The Kier molecular flexibility index (Phi) is 4.69. The normalized spacial score (nSPS) is 23.7. The lowest BCUT2D eigenvalue weighted by Gasteiger charge is -2.30. The number of carbonyl (C=O) groups is 1. The van der Waals surface area contributed by atoms with Gasteiger partial charge >= 0.3 is 12.2 Å². The molecular formula is C15H21F3N4O2. The predicted octanol–water partition coefficient (Wildman–Crippen LogP) is 3.35. The molecule has 2 atom stereocenters. The van der Waals surface area contributed by atoms with Crippen molar-refractivity contribution in [2.45, 2.75) is 63.7 Å². The van der Waals surface area contributed by atoms with Gasteiger partial charge in [-0.15, -0.1) is 0 Å². The van der Waals surface area contributed by atoms with E-state index in [4.69, 9.17) is 4.52 Å². The van der Waals surface area contributed by atoms with Crippen molar-refractivity contribution in [3.63, 3.8) is 0 Å². The van der Waals surface area contributed by atoms with Gasteiger partial charge in [-0.1, -0.05) is 18.0 Å². The zero-order valence-electron chi connectivity index (χ0n) is 13.5. The van der Waals surface area contributed by atoms with Crippen LogP contribution in [0.2, 0.25) is 0 Å². The maximum Gasteiger partial charge on any atom is 0.408 e. The van der Waals surface area contributed by atoms with Gasteiger partial charge in [0.2, 0.25) is 5.89 Å². The molecule has 24 heavy (non-hydrogen) atoms. The van der Waals surface area contributed by atoms with Crippen LogP contribution in [-0.2, 0) is 0 Å². The molecule has 1 saturated carbocycles. The van der Waals surface area contributed by atoms with E-state index < -0.39 is 30.2 Å². The second-order valence-corrected chi connectivity index (χ2v) is 6.54. The second-order valence-electron chi connectivity index (χ2n) is 6.54. The van der Waals surface area contributed by atoms with Crippen LogP contribution in [0.15, 0.2) is 4.52 Å². The fraction of sp³-hybridized carbons (Fsp3) is 0.800. The average Bonchev–Trinajstić information content (AvgIpc) is 3.23. The first-order valence-electron chi connectivity index (χ1n) is 8.30. The number of carbonyl (C=O) groups excluding carboxylic acids is 1. The van der Waals surface area contributed by atoms with E-state index in [-0.39, 0.29) is 0 Å². The van der Waals surface area contributed by atoms with Crippen LogP contribution >= 0.6 is 0 Å². The summed E-state index contributed by atoms with van der Waals surface area (Å²) in [6, 6.07) is -2.92. The number of rotatable bonds is 3. The molecule has 1 aromatic heterocycles. The largest absolute Gasteiger partial charge is 0.408 e. The first-order valence-corrected chi connectivity index (χ1v) is 8.30. The molecule has 2 aliphatic rings. The highest BCUT2D eigenvalue weighted by Gasteiger charge is 2.47. The molecule has 6 nitrogen and oxygen atoms in total. The van der Waals surface area contributed by atoms with Crippen molar-refractivity contribution in [1.82, 2.24) is 20.4 Å². The fourth-order valence-corrected chi connectivity index (χ4v) is 3.70. The van der Waals surface area contributed by atoms with Gasteiger partial charge in [0.05, 0.1) is 6.04 Å². The van der Waals surface area contributed by atoms with Crippen molar-refractivity contribution >= 4 is 6.03 Å². The van der Waals surface area contributed by atoms with Crippen LogP contribution in [0.5, 0.6) is 0 Å². The summed E-state index contributed by atoms with van der Waals surface area (Å²) in [6.45, 7) is 2.02. The highest BCUT2D eigenvalue weighted by Crippen LogP contribution is 2.36. The van der Waals surface area contributed by atoms with Crippen molar-refractivity contribution in [2.24, 2.45) is 5.92 Å². The molecule has 2 fully saturated rings. The van der Waals surface area contributed by atoms with Crippen LogP contribution in [0, 0.1) is 12.8 Å². The molecule has 1 aliphatic carbocycles. The third-order valence-electron chi connectivity index (χ3n) is 4.86. The number of aryl methyl sites for hydroxylation is 1. The van der Waals surface area contributed by atoms with Gasteiger partial charge in [0.25, 0.3) is 0 Å². The lowest BCUT2D eigenvalue weighted by molar-refractivity contribution is -0.165. The van der Waals surface area contributed by atoms with Gasteiger partial charge in [0.15, 0.2) is 5.82 Å². The number of aromatic nitrogens is 2. The first-order chi connectivity index (χ1) is 11.4.